The molecule has 90 valence electrons. The summed E-state index contributed by atoms with van der Waals surface area (Å²) in [4.78, 5) is 12.5. The molecule has 0 aromatic heterocycles. The molecule has 1 rings (SSSR count). The summed E-state index contributed by atoms with van der Waals surface area (Å²) in [5, 5.41) is 0. The summed E-state index contributed by atoms with van der Waals surface area (Å²) in [6.45, 7) is 6.11. The van der Waals surface area contributed by atoms with Crippen molar-refractivity contribution in [2.45, 2.75) is 38.5 Å². The Morgan fingerprint density at radius 3 is 2.40 bits per heavy atom. The number of hydrogen-bond donors (Lipinski definition) is 2. The fraction of sp³-hybridized carbons (Fsp3) is 0.889. The van der Waals surface area contributed by atoms with Crippen LogP contribution in [0.4, 0.5) is 0 Å². The van der Waals surface area contributed by atoms with Gasteiger partial charge in [0.2, 0.25) is 0 Å². The normalized spacial score (nSPS) is 19.4. The lowest BCUT2D eigenvalue weighted by Crippen LogP contribution is -2.53. The molecule has 0 aromatic carbocycles. The van der Waals surface area contributed by atoms with Gasteiger partial charge in [0, 0.05) is 19.1 Å². The number of carbonyl (C=O) groups excluding carboxylic acids is 1. The standard InChI is InChI=1S/C9H19N3O2.ClH/c1-9(2,14-7-13)12-5-3-8(11-10)4-6-12;/h7-8,11H,3-6,10H2,1-2H3;1H. The zero-order valence-corrected chi connectivity index (χ0v) is 10.0. The highest BCUT2D eigenvalue weighted by Gasteiger charge is 2.31. The van der Waals surface area contributed by atoms with E-state index in [9.17, 15) is 4.79 Å². The molecular formula is C9H20ClN3O2. The molecule has 15 heavy (non-hydrogen) atoms. The Kier molecular flexibility index (Phi) is 6.12. The fourth-order valence-corrected chi connectivity index (χ4v) is 1.78. The lowest BCUT2D eigenvalue weighted by atomic mass is 10.0. The maximum atomic E-state index is 10.3. The molecule has 0 spiro atoms. The van der Waals surface area contributed by atoms with Crippen molar-refractivity contribution in [1.29, 1.82) is 0 Å². The van der Waals surface area contributed by atoms with E-state index in [-0.39, 0.29) is 12.4 Å². The van der Waals surface area contributed by atoms with Crippen molar-refractivity contribution in [3.05, 3.63) is 0 Å². The predicted octanol–water partition coefficient (Wildman–Crippen LogP) is 0.245. The second kappa shape index (κ2) is 6.27. The van der Waals surface area contributed by atoms with E-state index in [1.54, 1.807) is 0 Å². The molecule has 0 saturated carbocycles. The number of nitrogens with zero attached hydrogens (tertiary/aromatic N) is 1. The molecule has 1 aliphatic heterocycles. The van der Waals surface area contributed by atoms with Crippen LogP contribution in [0.2, 0.25) is 0 Å². The van der Waals surface area contributed by atoms with E-state index in [0.717, 1.165) is 25.9 Å². The topological polar surface area (TPSA) is 67.6 Å². The number of halogens is 1. The molecule has 1 fully saturated rings. The number of ether oxygens (including phenoxy) is 1. The van der Waals surface area contributed by atoms with E-state index >= 15 is 0 Å². The SMILES string of the molecule is CC(C)(OC=O)N1CCC(NN)CC1.Cl. The molecule has 0 aromatic rings. The van der Waals surface area contributed by atoms with Gasteiger partial charge in [-0.3, -0.25) is 21.0 Å². The van der Waals surface area contributed by atoms with Crippen LogP contribution in [0.3, 0.4) is 0 Å². The average molecular weight is 238 g/mol. The first-order valence-corrected chi connectivity index (χ1v) is 4.93. The summed E-state index contributed by atoms with van der Waals surface area (Å²) >= 11 is 0. The summed E-state index contributed by atoms with van der Waals surface area (Å²) in [5.41, 5.74) is 2.27. The van der Waals surface area contributed by atoms with Crippen molar-refractivity contribution in [2.24, 2.45) is 5.84 Å². The van der Waals surface area contributed by atoms with Crippen molar-refractivity contribution in [3.63, 3.8) is 0 Å². The number of nitrogens with two attached hydrogens (primary N) is 1. The van der Waals surface area contributed by atoms with Crippen LogP contribution in [0.15, 0.2) is 0 Å². The first-order chi connectivity index (χ1) is 6.60. The Morgan fingerprint density at radius 2 is 2.00 bits per heavy atom. The third kappa shape index (κ3) is 3.95. The maximum Gasteiger partial charge on any atom is 0.294 e. The predicted molar refractivity (Wildman–Crippen MR) is 60.4 cm³/mol. The van der Waals surface area contributed by atoms with Gasteiger partial charge in [-0.2, -0.15) is 0 Å². The van der Waals surface area contributed by atoms with Gasteiger partial charge in [-0.15, -0.1) is 12.4 Å². The van der Waals surface area contributed by atoms with E-state index in [1.165, 1.54) is 0 Å². The van der Waals surface area contributed by atoms with Crippen molar-refractivity contribution in [1.82, 2.24) is 10.3 Å². The number of hydrazine groups is 1. The number of hydrogen-bond acceptors (Lipinski definition) is 5. The largest absolute Gasteiger partial charge is 0.446 e. The highest BCUT2D eigenvalue weighted by atomic mass is 35.5. The molecule has 0 unspecified atom stereocenters. The average Bonchev–Trinajstić information content (AvgIpc) is 2.18. The number of carbonyl (C=O) groups is 1. The summed E-state index contributed by atoms with van der Waals surface area (Å²) in [6.07, 6.45) is 1.98. The van der Waals surface area contributed by atoms with Crippen molar-refractivity contribution >= 4 is 18.9 Å². The summed E-state index contributed by atoms with van der Waals surface area (Å²) in [7, 11) is 0. The Labute approximate surface area is 96.7 Å². The first kappa shape index (κ1) is 14.6. The first-order valence-electron chi connectivity index (χ1n) is 4.93. The molecule has 0 radical (unpaired) electrons. The third-order valence-corrected chi connectivity index (χ3v) is 2.83. The fourth-order valence-electron chi connectivity index (χ4n) is 1.78. The molecule has 0 bridgehead atoms. The zero-order valence-electron chi connectivity index (χ0n) is 9.23. The van der Waals surface area contributed by atoms with Crippen LogP contribution < -0.4 is 11.3 Å². The van der Waals surface area contributed by atoms with Crippen LogP contribution in [0, 0.1) is 0 Å². The lowest BCUT2D eigenvalue weighted by molar-refractivity contribution is -0.163. The highest BCUT2D eigenvalue weighted by molar-refractivity contribution is 5.85. The summed E-state index contributed by atoms with van der Waals surface area (Å²) < 4.78 is 5.03. The molecule has 1 aliphatic rings. The van der Waals surface area contributed by atoms with E-state index in [2.05, 4.69) is 10.3 Å². The van der Waals surface area contributed by atoms with Gasteiger partial charge in [0.1, 0.15) is 0 Å². The monoisotopic (exact) mass is 237 g/mol. The molecule has 1 saturated heterocycles. The van der Waals surface area contributed by atoms with Crippen LogP contribution in [-0.4, -0.2) is 36.2 Å². The minimum Gasteiger partial charge on any atom is -0.446 e. The molecule has 6 heteroatoms. The van der Waals surface area contributed by atoms with Crippen LogP contribution in [0.1, 0.15) is 26.7 Å². The van der Waals surface area contributed by atoms with Gasteiger partial charge in [0.25, 0.3) is 6.47 Å². The van der Waals surface area contributed by atoms with Crippen LogP contribution in [0.25, 0.3) is 0 Å². The third-order valence-electron chi connectivity index (χ3n) is 2.83. The van der Waals surface area contributed by atoms with Gasteiger partial charge in [0.05, 0.1) is 0 Å². The molecule has 0 atom stereocenters. The Morgan fingerprint density at radius 1 is 1.47 bits per heavy atom. The number of piperidine rings is 1. The Balaban J connectivity index is 0.00000196. The van der Waals surface area contributed by atoms with Crippen LogP contribution >= 0.6 is 12.4 Å². The maximum absolute atomic E-state index is 10.3. The summed E-state index contributed by atoms with van der Waals surface area (Å²) in [5.74, 6) is 5.36. The molecule has 1 heterocycles. The van der Waals surface area contributed by atoms with E-state index in [0.29, 0.717) is 12.5 Å². The van der Waals surface area contributed by atoms with Gasteiger partial charge < -0.3 is 4.74 Å². The van der Waals surface area contributed by atoms with Crippen molar-refractivity contribution in [3.8, 4) is 0 Å². The van der Waals surface area contributed by atoms with Crippen LogP contribution in [-0.2, 0) is 9.53 Å². The lowest BCUT2D eigenvalue weighted by Gasteiger charge is -2.41. The smallest absolute Gasteiger partial charge is 0.294 e. The van der Waals surface area contributed by atoms with E-state index in [1.807, 2.05) is 13.8 Å². The van der Waals surface area contributed by atoms with Gasteiger partial charge in [-0.05, 0) is 26.7 Å². The minimum atomic E-state index is -0.499. The molecule has 3 N–H and O–H groups in total. The highest BCUT2D eigenvalue weighted by Crippen LogP contribution is 2.20. The quantitative estimate of drug-likeness (QED) is 0.417. The molecular weight excluding hydrogens is 218 g/mol. The molecule has 5 nitrogen and oxygen atoms in total. The van der Waals surface area contributed by atoms with Crippen LogP contribution in [0.5, 0.6) is 0 Å². The number of rotatable bonds is 4. The second-order valence-electron chi connectivity index (χ2n) is 4.09. The van der Waals surface area contributed by atoms with E-state index < -0.39 is 5.72 Å². The van der Waals surface area contributed by atoms with E-state index in [4.69, 9.17) is 10.6 Å². The Bertz CT molecular complexity index is 194. The zero-order chi connectivity index (χ0) is 10.6. The number of likely N-dealkylation sites (tertiary alicyclic amines) is 1. The van der Waals surface area contributed by atoms with Crippen molar-refractivity contribution < 1.29 is 9.53 Å². The van der Waals surface area contributed by atoms with Gasteiger partial charge in [-0.25, -0.2) is 0 Å². The van der Waals surface area contributed by atoms with Gasteiger partial charge in [0.15, 0.2) is 5.72 Å². The Hall–Kier alpha value is -0.360. The molecule has 0 aliphatic carbocycles. The number of nitrogens with one attached hydrogen (secondary N) is 1. The molecule has 0 amide bonds. The summed E-state index contributed by atoms with van der Waals surface area (Å²) in [6, 6.07) is 0.387. The second-order valence-corrected chi connectivity index (χ2v) is 4.09. The minimum absolute atomic E-state index is 0. The van der Waals surface area contributed by atoms with Crippen molar-refractivity contribution in [2.75, 3.05) is 13.1 Å². The van der Waals surface area contributed by atoms with Gasteiger partial charge >= 0.3 is 0 Å². The van der Waals surface area contributed by atoms with Gasteiger partial charge in [-0.1, -0.05) is 0 Å².